The molecule has 2 aromatic rings. The molecule has 1 N–H and O–H groups in total. The number of carbonyl (C=O) groups is 1. The average Bonchev–Trinajstić information content (AvgIpc) is 3.20. The minimum Gasteiger partial charge on any atom is -0.415 e. The number of piperidine rings is 1. The van der Waals surface area contributed by atoms with Gasteiger partial charge < -0.3 is 14.4 Å². The van der Waals surface area contributed by atoms with Crippen LogP contribution in [0.15, 0.2) is 36.7 Å². The van der Waals surface area contributed by atoms with E-state index in [-0.39, 0.29) is 17.0 Å². The van der Waals surface area contributed by atoms with E-state index in [9.17, 15) is 9.90 Å². The Labute approximate surface area is 173 Å². The molecule has 3 rings (SSSR count). The molecule has 1 aliphatic rings. The van der Waals surface area contributed by atoms with E-state index in [1.54, 1.807) is 23.4 Å². The SMILES string of the molecule is CC(C)(C)[Si](C)(C)OC[C@@H]1CC[C@H](O)CN1C(=O)c1ccccc1-n1nccn1. The number of hydrogen-bond donors (Lipinski definition) is 1. The van der Waals surface area contributed by atoms with Crippen LogP contribution in [0.3, 0.4) is 0 Å². The molecule has 0 spiro atoms. The van der Waals surface area contributed by atoms with Gasteiger partial charge in [0.05, 0.1) is 42.4 Å². The van der Waals surface area contributed by atoms with Gasteiger partial charge in [0.2, 0.25) is 0 Å². The summed E-state index contributed by atoms with van der Waals surface area (Å²) in [7, 11) is -1.93. The maximum Gasteiger partial charge on any atom is 0.256 e. The van der Waals surface area contributed by atoms with Crippen LogP contribution in [0.5, 0.6) is 0 Å². The fraction of sp³-hybridized carbons (Fsp3) is 0.571. The first kappa shape index (κ1) is 21.7. The Kier molecular flexibility index (Phi) is 6.26. The summed E-state index contributed by atoms with van der Waals surface area (Å²) in [5, 5.41) is 18.7. The lowest BCUT2D eigenvalue weighted by atomic mass is 9.99. The standard InChI is InChI=1S/C21H32N4O3Si/c1-21(2,3)29(4,5)28-15-16-10-11-17(26)14-24(16)20(27)18-8-6-7-9-19(18)25-22-12-13-23-25/h6-9,12-13,16-17,26H,10-11,14-15H2,1-5H3/t16-,17-/m0/s1. The van der Waals surface area contributed by atoms with Gasteiger partial charge in [0, 0.05) is 6.54 Å². The summed E-state index contributed by atoms with van der Waals surface area (Å²) < 4.78 is 6.42. The molecule has 1 aromatic heterocycles. The smallest absolute Gasteiger partial charge is 0.256 e. The van der Waals surface area contributed by atoms with E-state index in [0.717, 1.165) is 6.42 Å². The van der Waals surface area contributed by atoms with Crippen molar-refractivity contribution in [3.8, 4) is 5.69 Å². The maximum atomic E-state index is 13.5. The largest absolute Gasteiger partial charge is 0.415 e. The van der Waals surface area contributed by atoms with E-state index < -0.39 is 14.4 Å². The zero-order valence-electron chi connectivity index (χ0n) is 18.0. The molecule has 0 saturated carbocycles. The van der Waals surface area contributed by atoms with Crippen molar-refractivity contribution in [1.82, 2.24) is 19.9 Å². The molecule has 29 heavy (non-hydrogen) atoms. The van der Waals surface area contributed by atoms with Gasteiger partial charge in [0.15, 0.2) is 8.32 Å². The highest BCUT2D eigenvalue weighted by molar-refractivity contribution is 6.74. The van der Waals surface area contributed by atoms with Crippen molar-refractivity contribution in [3.05, 3.63) is 42.2 Å². The fourth-order valence-electron chi connectivity index (χ4n) is 3.27. The van der Waals surface area contributed by atoms with Gasteiger partial charge >= 0.3 is 0 Å². The zero-order chi connectivity index (χ0) is 21.2. The van der Waals surface area contributed by atoms with Gasteiger partial charge in [0.1, 0.15) is 0 Å². The lowest BCUT2D eigenvalue weighted by molar-refractivity contribution is 0.0152. The second-order valence-corrected chi connectivity index (χ2v) is 14.1. The minimum atomic E-state index is -1.93. The summed E-state index contributed by atoms with van der Waals surface area (Å²) >= 11 is 0. The number of hydrogen-bond acceptors (Lipinski definition) is 5. The van der Waals surface area contributed by atoms with Crippen LogP contribution in [-0.4, -0.2) is 64.5 Å². The molecule has 0 bridgehead atoms. The summed E-state index contributed by atoms with van der Waals surface area (Å²) in [6.07, 6.45) is 4.06. The maximum absolute atomic E-state index is 13.5. The first-order valence-electron chi connectivity index (χ1n) is 10.2. The number of carbonyl (C=O) groups excluding carboxylic acids is 1. The second-order valence-electron chi connectivity index (χ2n) is 9.25. The van der Waals surface area contributed by atoms with Gasteiger partial charge in [-0.25, -0.2) is 0 Å². The highest BCUT2D eigenvalue weighted by Gasteiger charge is 2.39. The Morgan fingerprint density at radius 3 is 2.52 bits per heavy atom. The quantitative estimate of drug-likeness (QED) is 0.757. The van der Waals surface area contributed by atoms with Gasteiger partial charge in [-0.05, 0) is 43.1 Å². The summed E-state index contributed by atoms with van der Waals surface area (Å²) in [5.74, 6) is -0.125. The summed E-state index contributed by atoms with van der Waals surface area (Å²) in [4.78, 5) is 16.7. The topological polar surface area (TPSA) is 80.5 Å². The van der Waals surface area contributed by atoms with Crippen LogP contribution >= 0.6 is 0 Å². The molecule has 158 valence electrons. The molecule has 7 nitrogen and oxygen atoms in total. The van der Waals surface area contributed by atoms with E-state index in [4.69, 9.17) is 4.43 Å². The third-order valence-electron chi connectivity index (χ3n) is 6.15. The van der Waals surface area contributed by atoms with E-state index in [0.29, 0.717) is 30.8 Å². The number of β-amino-alcohol motifs (C(OH)–C–C–N with tert-alkyl or cyclic N) is 1. The van der Waals surface area contributed by atoms with Crippen LogP contribution in [-0.2, 0) is 4.43 Å². The van der Waals surface area contributed by atoms with Crippen LogP contribution in [0, 0.1) is 0 Å². The normalized spacial score (nSPS) is 20.7. The molecule has 1 saturated heterocycles. The molecule has 0 radical (unpaired) electrons. The van der Waals surface area contributed by atoms with Crippen molar-refractivity contribution in [3.63, 3.8) is 0 Å². The molecular weight excluding hydrogens is 384 g/mol. The Bertz CT molecular complexity index is 833. The molecule has 1 aliphatic heterocycles. The summed E-state index contributed by atoms with van der Waals surface area (Å²) in [5.41, 5.74) is 1.15. The predicted molar refractivity (Wildman–Crippen MR) is 115 cm³/mol. The molecule has 2 atom stereocenters. The number of para-hydroxylation sites is 1. The highest BCUT2D eigenvalue weighted by atomic mass is 28.4. The average molecular weight is 417 g/mol. The van der Waals surface area contributed by atoms with Crippen LogP contribution in [0.25, 0.3) is 5.69 Å². The van der Waals surface area contributed by atoms with Crippen LogP contribution in [0.2, 0.25) is 18.1 Å². The molecule has 1 amide bonds. The Balaban J connectivity index is 1.84. The Morgan fingerprint density at radius 1 is 1.21 bits per heavy atom. The van der Waals surface area contributed by atoms with Crippen LogP contribution in [0.4, 0.5) is 0 Å². The molecule has 2 heterocycles. The molecule has 8 heteroatoms. The van der Waals surface area contributed by atoms with Crippen molar-refractivity contribution in [1.29, 1.82) is 0 Å². The third kappa shape index (κ3) is 4.76. The van der Waals surface area contributed by atoms with E-state index >= 15 is 0 Å². The van der Waals surface area contributed by atoms with E-state index in [2.05, 4.69) is 44.1 Å². The van der Waals surface area contributed by atoms with Gasteiger partial charge in [-0.1, -0.05) is 32.9 Å². The van der Waals surface area contributed by atoms with Gasteiger partial charge in [-0.2, -0.15) is 15.0 Å². The number of likely N-dealkylation sites (tertiary alicyclic amines) is 1. The van der Waals surface area contributed by atoms with Crippen LogP contribution < -0.4 is 0 Å². The molecule has 0 unspecified atom stereocenters. The predicted octanol–water partition coefficient (Wildman–Crippen LogP) is 3.25. The summed E-state index contributed by atoms with van der Waals surface area (Å²) in [6, 6.07) is 7.25. The number of aliphatic hydroxyl groups excluding tert-OH is 1. The monoisotopic (exact) mass is 416 g/mol. The molecule has 1 fully saturated rings. The van der Waals surface area contributed by atoms with Gasteiger partial charge in [0.25, 0.3) is 5.91 Å². The number of rotatable bonds is 5. The van der Waals surface area contributed by atoms with Crippen molar-refractivity contribution >= 4 is 14.2 Å². The Morgan fingerprint density at radius 2 is 1.86 bits per heavy atom. The van der Waals surface area contributed by atoms with Crippen molar-refractivity contribution in [2.75, 3.05) is 13.2 Å². The lowest BCUT2D eigenvalue weighted by Gasteiger charge is -2.42. The lowest BCUT2D eigenvalue weighted by Crippen LogP contribution is -2.53. The van der Waals surface area contributed by atoms with Crippen LogP contribution in [0.1, 0.15) is 44.0 Å². The second kappa shape index (κ2) is 8.37. The number of amides is 1. The first-order valence-corrected chi connectivity index (χ1v) is 13.1. The number of aliphatic hydroxyl groups is 1. The highest BCUT2D eigenvalue weighted by Crippen LogP contribution is 2.37. The van der Waals surface area contributed by atoms with Gasteiger partial charge in [-0.15, -0.1) is 0 Å². The Hall–Kier alpha value is -2.03. The fourth-order valence-corrected chi connectivity index (χ4v) is 4.32. The van der Waals surface area contributed by atoms with E-state index in [1.807, 2.05) is 18.2 Å². The summed E-state index contributed by atoms with van der Waals surface area (Å²) in [6.45, 7) is 11.9. The van der Waals surface area contributed by atoms with Crippen molar-refractivity contribution in [2.24, 2.45) is 0 Å². The number of benzene rings is 1. The van der Waals surface area contributed by atoms with Crippen molar-refractivity contribution in [2.45, 2.75) is 63.9 Å². The van der Waals surface area contributed by atoms with Gasteiger partial charge in [-0.3, -0.25) is 4.79 Å². The van der Waals surface area contributed by atoms with E-state index in [1.165, 1.54) is 4.80 Å². The zero-order valence-corrected chi connectivity index (χ0v) is 19.0. The minimum absolute atomic E-state index is 0.0568. The third-order valence-corrected chi connectivity index (χ3v) is 10.7. The molecule has 1 aromatic carbocycles. The molecular formula is C21H32N4O3Si. The first-order chi connectivity index (χ1) is 13.6. The number of nitrogens with zero attached hydrogens (tertiary/aromatic N) is 4. The molecule has 0 aliphatic carbocycles. The number of aromatic nitrogens is 3. The van der Waals surface area contributed by atoms with Crippen molar-refractivity contribution < 1.29 is 14.3 Å².